The standard InChI is InChI=1S/C18H18N2O3/c1-3-12-23-17-8-4-14(5-9-17)13-19-20-18(21)15-6-10-16(22-2)11-7-15/h3-11,13H,1,12H2,2H3,(H,20,21)/b19-13-. The van der Waals surface area contributed by atoms with E-state index in [0.29, 0.717) is 17.9 Å². The summed E-state index contributed by atoms with van der Waals surface area (Å²) in [4.78, 5) is 11.9. The van der Waals surface area contributed by atoms with Gasteiger partial charge in [0.25, 0.3) is 5.91 Å². The summed E-state index contributed by atoms with van der Waals surface area (Å²) in [6.45, 7) is 4.06. The first-order chi connectivity index (χ1) is 11.2. The van der Waals surface area contributed by atoms with Gasteiger partial charge in [-0.1, -0.05) is 12.7 Å². The maximum atomic E-state index is 11.9. The van der Waals surface area contributed by atoms with Gasteiger partial charge in [-0.2, -0.15) is 5.10 Å². The van der Waals surface area contributed by atoms with Crippen LogP contribution in [-0.4, -0.2) is 25.8 Å². The summed E-state index contributed by atoms with van der Waals surface area (Å²) in [7, 11) is 1.58. The Morgan fingerprint density at radius 2 is 1.78 bits per heavy atom. The third-order valence-electron chi connectivity index (χ3n) is 2.98. The molecule has 2 rings (SSSR count). The van der Waals surface area contributed by atoms with Crippen molar-refractivity contribution in [2.75, 3.05) is 13.7 Å². The number of carbonyl (C=O) groups excluding carboxylic acids is 1. The molecule has 0 unspecified atom stereocenters. The number of ether oxygens (including phenoxy) is 2. The van der Waals surface area contributed by atoms with Crippen molar-refractivity contribution in [1.82, 2.24) is 5.43 Å². The average molecular weight is 310 g/mol. The molecule has 5 heteroatoms. The molecule has 2 aromatic rings. The highest BCUT2D eigenvalue weighted by molar-refractivity contribution is 5.95. The highest BCUT2D eigenvalue weighted by Crippen LogP contribution is 2.12. The smallest absolute Gasteiger partial charge is 0.271 e. The molecular formula is C18H18N2O3. The number of rotatable bonds is 7. The predicted molar refractivity (Wildman–Crippen MR) is 90.2 cm³/mol. The Morgan fingerprint density at radius 3 is 2.39 bits per heavy atom. The van der Waals surface area contributed by atoms with Gasteiger partial charge in [0, 0.05) is 5.56 Å². The summed E-state index contributed by atoms with van der Waals surface area (Å²) in [6, 6.07) is 14.2. The quantitative estimate of drug-likeness (QED) is 0.486. The van der Waals surface area contributed by atoms with E-state index in [0.717, 1.165) is 11.3 Å². The van der Waals surface area contributed by atoms with Crippen LogP contribution in [0.1, 0.15) is 15.9 Å². The van der Waals surface area contributed by atoms with Gasteiger partial charge in [0.2, 0.25) is 0 Å². The molecule has 0 spiro atoms. The van der Waals surface area contributed by atoms with Crippen molar-refractivity contribution in [3.8, 4) is 11.5 Å². The van der Waals surface area contributed by atoms with E-state index in [1.807, 2.05) is 24.3 Å². The number of benzene rings is 2. The first-order valence-corrected chi connectivity index (χ1v) is 7.04. The molecule has 0 saturated carbocycles. The number of nitrogens with zero attached hydrogens (tertiary/aromatic N) is 1. The topological polar surface area (TPSA) is 59.9 Å². The maximum Gasteiger partial charge on any atom is 0.271 e. The Morgan fingerprint density at radius 1 is 1.13 bits per heavy atom. The summed E-state index contributed by atoms with van der Waals surface area (Å²) < 4.78 is 10.4. The van der Waals surface area contributed by atoms with Crippen LogP contribution in [0.25, 0.3) is 0 Å². The normalized spacial score (nSPS) is 10.3. The number of methoxy groups -OCH3 is 1. The van der Waals surface area contributed by atoms with Crippen molar-refractivity contribution >= 4 is 12.1 Å². The van der Waals surface area contributed by atoms with Gasteiger partial charge in [0.05, 0.1) is 13.3 Å². The lowest BCUT2D eigenvalue weighted by Gasteiger charge is -2.03. The summed E-state index contributed by atoms with van der Waals surface area (Å²) in [6.07, 6.45) is 3.25. The molecule has 0 aliphatic carbocycles. The Bertz CT molecular complexity index is 676. The van der Waals surface area contributed by atoms with Crippen LogP contribution in [0.4, 0.5) is 0 Å². The number of hydrazone groups is 1. The maximum absolute atomic E-state index is 11.9. The molecule has 23 heavy (non-hydrogen) atoms. The Balaban J connectivity index is 1.89. The minimum Gasteiger partial charge on any atom is -0.497 e. The second kappa shape index (κ2) is 8.38. The molecular weight excluding hydrogens is 292 g/mol. The van der Waals surface area contributed by atoms with Crippen LogP contribution in [0.15, 0.2) is 66.3 Å². The van der Waals surface area contributed by atoms with E-state index in [-0.39, 0.29) is 5.91 Å². The summed E-state index contributed by atoms with van der Waals surface area (Å²) in [5.41, 5.74) is 3.84. The van der Waals surface area contributed by atoms with Crippen LogP contribution in [0.3, 0.4) is 0 Å². The van der Waals surface area contributed by atoms with Crippen LogP contribution >= 0.6 is 0 Å². The van der Waals surface area contributed by atoms with E-state index in [1.165, 1.54) is 0 Å². The van der Waals surface area contributed by atoms with Crippen molar-refractivity contribution in [3.05, 3.63) is 72.3 Å². The minimum absolute atomic E-state index is 0.283. The summed E-state index contributed by atoms with van der Waals surface area (Å²) >= 11 is 0. The van der Waals surface area contributed by atoms with Crippen molar-refractivity contribution in [2.45, 2.75) is 0 Å². The number of hydrogen-bond donors (Lipinski definition) is 1. The van der Waals surface area contributed by atoms with Gasteiger partial charge in [-0.3, -0.25) is 4.79 Å². The van der Waals surface area contributed by atoms with E-state index in [1.54, 1.807) is 43.7 Å². The zero-order valence-electron chi connectivity index (χ0n) is 12.9. The van der Waals surface area contributed by atoms with Gasteiger partial charge in [-0.25, -0.2) is 5.43 Å². The van der Waals surface area contributed by atoms with Crippen molar-refractivity contribution in [1.29, 1.82) is 0 Å². The lowest BCUT2D eigenvalue weighted by Crippen LogP contribution is -2.17. The van der Waals surface area contributed by atoms with Gasteiger partial charge in [-0.05, 0) is 54.1 Å². The summed E-state index contributed by atoms with van der Waals surface area (Å²) in [5, 5.41) is 3.94. The highest BCUT2D eigenvalue weighted by atomic mass is 16.5. The molecule has 1 amide bonds. The number of carbonyl (C=O) groups is 1. The zero-order chi connectivity index (χ0) is 16.5. The SMILES string of the molecule is C=CCOc1ccc(/C=N\NC(=O)c2ccc(OC)cc2)cc1. The minimum atomic E-state index is -0.283. The molecule has 5 nitrogen and oxygen atoms in total. The van der Waals surface area contributed by atoms with Crippen molar-refractivity contribution in [3.63, 3.8) is 0 Å². The van der Waals surface area contributed by atoms with Crippen LogP contribution in [0.2, 0.25) is 0 Å². The van der Waals surface area contributed by atoms with Gasteiger partial charge in [0.1, 0.15) is 18.1 Å². The second-order valence-electron chi connectivity index (χ2n) is 4.60. The fraction of sp³-hybridized carbons (Fsp3) is 0.111. The van der Waals surface area contributed by atoms with Gasteiger partial charge >= 0.3 is 0 Å². The Labute approximate surface area is 135 Å². The lowest BCUT2D eigenvalue weighted by atomic mass is 10.2. The number of nitrogens with one attached hydrogen (secondary N) is 1. The van der Waals surface area contributed by atoms with Crippen molar-refractivity contribution in [2.24, 2.45) is 5.10 Å². The highest BCUT2D eigenvalue weighted by Gasteiger charge is 2.03. The van der Waals surface area contributed by atoms with Crippen molar-refractivity contribution < 1.29 is 14.3 Å². The fourth-order valence-electron chi connectivity index (χ4n) is 1.78. The molecule has 0 aliphatic heterocycles. The molecule has 2 aromatic carbocycles. The molecule has 0 saturated heterocycles. The van der Waals surface area contributed by atoms with Crippen LogP contribution in [-0.2, 0) is 0 Å². The number of hydrogen-bond acceptors (Lipinski definition) is 4. The van der Waals surface area contributed by atoms with E-state index in [2.05, 4.69) is 17.1 Å². The van der Waals surface area contributed by atoms with E-state index in [9.17, 15) is 4.79 Å². The zero-order valence-corrected chi connectivity index (χ0v) is 12.9. The molecule has 118 valence electrons. The lowest BCUT2D eigenvalue weighted by molar-refractivity contribution is 0.0955. The van der Waals surface area contributed by atoms with Crippen LogP contribution in [0.5, 0.6) is 11.5 Å². The largest absolute Gasteiger partial charge is 0.497 e. The molecule has 0 bridgehead atoms. The van der Waals surface area contributed by atoms with E-state index >= 15 is 0 Å². The number of amides is 1. The predicted octanol–water partition coefficient (Wildman–Crippen LogP) is 3.02. The monoisotopic (exact) mass is 310 g/mol. The molecule has 0 atom stereocenters. The Kier molecular flexibility index (Phi) is 5.94. The average Bonchev–Trinajstić information content (AvgIpc) is 2.61. The van der Waals surface area contributed by atoms with Gasteiger partial charge < -0.3 is 9.47 Å². The van der Waals surface area contributed by atoms with E-state index < -0.39 is 0 Å². The molecule has 0 heterocycles. The Hall–Kier alpha value is -3.08. The van der Waals surface area contributed by atoms with Crippen LogP contribution in [0, 0.1) is 0 Å². The molecule has 1 N–H and O–H groups in total. The molecule has 0 fully saturated rings. The second-order valence-corrected chi connectivity index (χ2v) is 4.60. The third-order valence-corrected chi connectivity index (χ3v) is 2.98. The molecule has 0 radical (unpaired) electrons. The molecule has 0 aromatic heterocycles. The molecule has 0 aliphatic rings. The first-order valence-electron chi connectivity index (χ1n) is 7.04. The van der Waals surface area contributed by atoms with Crippen LogP contribution < -0.4 is 14.9 Å². The first kappa shape index (κ1) is 16.3. The van der Waals surface area contributed by atoms with Gasteiger partial charge in [-0.15, -0.1) is 0 Å². The summed E-state index contributed by atoms with van der Waals surface area (Å²) in [5.74, 6) is 1.17. The van der Waals surface area contributed by atoms with E-state index in [4.69, 9.17) is 9.47 Å². The fourth-order valence-corrected chi connectivity index (χ4v) is 1.78. The van der Waals surface area contributed by atoms with Gasteiger partial charge in [0.15, 0.2) is 0 Å². The third kappa shape index (κ3) is 5.00.